The Labute approximate surface area is 401 Å². The highest BCUT2D eigenvalue weighted by Gasteiger charge is 2.44. The monoisotopic (exact) mass is 968 g/mol. The second-order valence-electron chi connectivity index (χ2n) is 18.8. The van der Waals surface area contributed by atoms with Crippen LogP contribution in [0.1, 0.15) is 143 Å². The Balaban J connectivity index is 0.00000129. The van der Waals surface area contributed by atoms with E-state index in [2.05, 4.69) is 48.5 Å². The summed E-state index contributed by atoms with van der Waals surface area (Å²) < 4.78 is 78.9. The van der Waals surface area contributed by atoms with E-state index in [1.807, 2.05) is 57.5 Å². The number of carbonyl (C=O) groups excluding carboxylic acids is 2. The summed E-state index contributed by atoms with van der Waals surface area (Å²) in [4.78, 5) is 28.0. The van der Waals surface area contributed by atoms with Crippen molar-refractivity contribution in [1.29, 1.82) is 0 Å². The van der Waals surface area contributed by atoms with Gasteiger partial charge in [0.25, 0.3) is 0 Å². The van der Waals surface area contributed by atoms with Gasteiger partial charge in [-0.1, -0.05) is 51.3 Å². The fourth-order valence-corrected chi connectivity index (χ4v) is 10.3. The summed E-state index contributed by atoms with van der Waals surface area (Å²) in [7, 11) is -7.41. The van der Waals surface area contributed by atoms with Crippen LogP contribution in [0.2, 0.25) is 0 Å². The van der Waals surface area contributed by atoms with Gasteiger partial charge in [-0.3, -0.25) is 4.79 Å². The molecule has 2 aromatic rings. The largest absolute Gasteiger partial charge is 0.744 e. The van der Waals surface area contributed by atoms with Crippen molar-refractivity contribution in [2.24, 2.45) is 0 Å². The number of fused-ring (bicyclic) bond motifs is 2. The Morgan fingerprint density at radius 2 is 1.39 bits per heavy atom. The molecule has 1 atom stereocenters. The Bertz CT molecular complexity index is 2340. The standard InChI is InChI=1S/C45H62N4O9S2.C6H15N/c1-44(2)36-31-34(59(52,53)54)24-26-38(36)48(5)40(44)21-18-22-41-45(3,4)37-32-35(60(55,56)57)25-27-39(37)49(41)30-17-11-14-23-42(50)46-28-15-9-10-16-29-47-43(51)58-33-19-12-7-6-8-13-20-33;1-4-7(5-2)6-3/h6-7,18,21-22,24-27,31-33H,8-17,19-20,23,28-30H2,1-5H3,(H3-,46,47,50,51,52,53,54,55,56,57);4-6H2,1-3H3/b7-6+;. The topological polar surface area (TPSA) is 193 Å². The maximum absolute atomic E-state index is 12.6. The zero-order valence-corrected chi connectivity index (χ0v) is 42.9. The molecule has 0 saturated heterocycles. The summed E-state index contributed by atoms with van der Waals surface area (Å²) in [5.74, 6) is 0.0131. The van der Waals surface area contributed by atoms with E-state index in [1.165, 1.54) is 43.9 Å². The summed E-state index contributed by atoms with van der Waals surface area (Å²) >= 11 is 0. The van der Waals surface area contributed by atoms with Crippen molar-refractivity contribution in [3.63, 3.8) is 0 Å². The minimum Gasteiger partial charge on any atom is -0.744 e. The second kappa shape index (κ2) is 25.3. The fourth-order valence-electron chi connectivity index (χ4n) is 9.28. The molecular weight excluding hydrogens is 891 g/mol. The maximum atomic E-state index is 12.6. The lowest BCUT2D eigenvalue weighted by molar-refractivity contribution is -0.894. The minimum atomic E-state index is -4.68. The van der Waals surface area contributed by atoms with E-state index in [1.54, 1.807) is 17.0 Å². The number of benzene rings is 2. The molecule has 2 amide bonds. The summed E-state index contributed by atoms with van der Waals surface area (Å²) in [6.45, 7) is 20.2. The van der Waals surface area contributed by atoms with Crippen LogP contribution in [0.4, 0.5) is 16.2 Å². The van der Waals surface area contributed by atoms with Crippen LogP contribution in [0.25, 0.3) is 0 Å². The number of nitrogens with one attached hydrogen (secondary N) is 3. The van der Waals surface area contributed by atoms with E-state index in [0.29, 0.717) is 32.5 Å². The molecule has 0 radical (unpaired) electrons. The number of allylic oxidation sites excluding steroid dienone is 6. The molecule has 0 aromatic heterocycles. The first-order valence-corrected chi connectivity index (χ1v) is 27.2. The molecule has 0 saturated carbocycles. The van der Waals surface area contributed by atoms with Gasteiger partial charge >= 0.3 is 6.09 Å². The van der Waals surface area contributed by atoms with E-state index < -0.39 is 31.1 Å². The zero-order chi connectivity index (χ0) is 49.4. The molecule has 0 spiro atoms. The van der Waals surface area contributed by atoms with Crippen LogP contribution in [0.3, 0.4) is 0 Å². The first-order chi connectivity index (χ1) is 31.7. The second-order valence-corrected chi connectivity index (χ2v) is 21.6. The number of anilines is 1. The molecule has 5 rings (SSSR count). The number of nitrogens with zero attached hydrogens (tertiary/aromatic N) is 2. The van der Waals surface area contributed by atoms with Gasteiger partial charge in [0.1, 0.15) is 33.4 Å². The number of hydrogen-bond donors (Lipinski definition) is 3. The van der Waals surface area contributed by atoms with Crippen molar-refractivity contribution in [1.82, 2.24) is 10.6 Å². The van der Waals surface area contributed by atoms with Gasteiger partial charge in [0, 0.05) is 60.6 Å². The summed E-state index contributed by atoms with van der Waals surface area (Å²) in [5, 5.41) is 5.88. The highest BCUT2D eigenvalue weighted by Crippen LogP contribution is 2.49. The fraction of sp³-hybridized carbons (Fsp3) is 0.588. The van der Waals surface area contributed by atoms with Crippen LogP contribution < -0.4 is 20.4 Å². The number of amides is 2. The normalized spacial score (nSPS) is 18.8. The van der Waals surface area contributed by atoms with Crippen molar-refractivity contribution < 1.29 is 49.7 Å². The Morgan fingerprint density at radius 3 is 2.01 bits per heavy atom. The van der Waals surface area contributed by atoms with Gasteiger partial charge in [0.15, 0.2) is 5.71 Å². The van der Waals surface area contributed by atoms with E-state index in [-0.39, 0.29) is 27.9 Å². The highest BCUT2D eigenvalue weighted by atomic mass is 32.2. The van der Waals surface area contributed by atoms with Gasteiger partial charge in [-0.15, -0.1) is 0 Å². The van der Waals surface area contributed by atoms with Crippen molar-refractivity contribution in [3.05, 3.63) is 83.6 Å². The number of ether oxygens (including phenoxy) is 1. The molecule has 14 nitrogen and oxygen atoms in total. The van der Waals surface area contributed by atoms with E-state index in [4.69, 9.17) is 4.74 Å². The summed E-state index contributed by atoms with van der Waals surface area (Å²) in [6.07, 6.45) is 20.9. The molecule has 2 heterocycles. The third-order valence-corrected chi connectivity index (χ3v) is 15.1. The summed E-state index contributed by atoms with van der Waals surface area (Å²) in [6, 6.07) is 8.91. The van der Waals surface area contributed by atoms with Crippen molar-refractivity contribution in [3.8, 4) is 0 Å². The highest BCUT2D eigenvalue weighted by molar-refractivity contribution is 7.86. The third kappa shape index (κ3) is 15.6. The van der Waals surface area contributed by atoms with Crippen LogP contribution in [-0.4, -0.2) is 101 Å². The molecule has 0 fully saturated rings. The molecule has 1 unspecified atom stereocenters. The number of quaternary nitrogens is 1. The molecule has 2 aromatic carbocycles. The first-order valence-electron chi connectivity index (χ1n) is 24.3. The van der Waals surface area contributed by atoms with Gasteiger partial charge in [-0.25, -0.2) is 21.6 Å². The molecule has 67 heavy (non-hydrogen) atoms. The van der Waals surface area contributed by atoms with Gasteiger partial charge in [0.05, 0.1) is 34.8 Å². The molecule has 0 bridgehead atoms. The maximum Gasteiger partial charge on any atom is 0.407 e. The Morgan fingerprint density at radius 1 is 0.791 bits per heavy atom. The van der Waals surface area contributed by atoms with E-state index in [0.717, 1.165) is 105 Å². The molecule has 1 aliphatic carbocycles. The number of alkyl carbamates (subject to hydrolysis) is 1. The van der Waals surface area contributed by atoms with E-state index >= 15 is 0 Å². The first kappa shape index (κ1) is 55.2. The van der Waals surface area contributed by atoms with Crippen molar-refractivity contribution >= 4 is 49.3 Å². The van der Waals surface area contributed by atoms with Crippen molar-refractivity contribution in [2.75, 3.05) is 51.2 Å². The third-order valence-electron chi connectivity index (χ3n) is 13.4. The molecule has 2 aliphatic heterocycles. The number of hydrogen-bond acceptors (Lipinski definition) is 10. The number of rotatable bonds is 21. The zero-order valence-electron chi connectivity index (χ0n) is 41.2. The Hall–Kier alpha value is -4.35. The minimum absolute atomic E-state index is 0.0131. The molecule has 3 N–H and O–H groups in total. The van der Waals surface area contributed by atoms with Crippen LogP contribution >= 0.6 is 0 Å². The predicted molar refractivity (Wildman–Crippen MR) is 263 cm³/mol. The number of carbonyl (C=O) groups is 2. The lowest BCUT2D eigenvalue weighted by atomic mass is 9.81. The predicted octanol–water partition coefficient (Wildman–Crippen LogP) is 7.52. The van der Waals surface area contributed by atoms with Gasteiger partial charge in [0.2, 0.25) is 11.6 Å². The van der Waals surface area contributed by atoms with Crippen molar-refractivity contribution in [2.45, 2.75) is 159 Å². The Kier molecular flexibility index (Phi) is 20.9. The smallest absolute Gasteiger partial charge is 0.407 e. The van der Waals surface area contributed by atoms with E-state index in [9.17, 15) is 35.5 Å². The average molecular weight is 968 g/mol. The molecule has 3 aliphatic rings. The van der Waals surface area contributed by atoms with Crippen LogP contribution in [-0.2, 0) is 40.6 Å². The SMILES string of the molecule is CC[NH+](CC)CC.C[N+]1=C(C=CC=C2N(CCCCCC(=O)NCCCCCCNC(=O)OC3CC/C=C/CCC3)c3ccc(S(=O)(=O)[O-])cc3C2(C)C)C(C)(C)c2cc(S(=O)(=O)[O-])ccc21. The van der Waals surface area contributed by atoms with Crippen LogP contribution in [0.15, 0.2) is 82.3 Å². The van der Waals surface area contributed by atoms with Crippen LogP contribution in [0, 0.1) is 0 Å². The van der Waals surface area contributed by atoms with Gasteiger partial charge < -0.3 is 34.3 Å². The van der Waals surface area contributed by atoms with Crippen LogP contribution in [0.5, 0.6) is 0 Å². The lowest BCUT2D eigenvalue weighted by Crippen LogP contribution is -3.11. The average Bonchev–Trinajstić information content (AvgIpc) is 3.59. The molecular formula is C51H77N5O9S2. The van der Waals surface area contributed by atoms with Gasteiger partial charge in [-0.2, -0.15) is 4.58 Å². The number of unbranched alkanes of at least 4 members (excludes halogenated alkanes) is 5. The van der Waals surface area contributed by atoms with Gasteiger partial charge in [-0.05, 0) is 134 Å². The summed E-state index contributed by atoms with van der Waals surface area (Å²) in [5.41, 5.74) is 3.58. The molecule has 16 heteroatoms. The molecule has 372 valence electrons. The lowest BCUT2D eigenvalue weighted by Gasteiger charge is -2.27. The quantitative estimate of drug-likeness (QED) is 0.0488.